The first kappa shape index (κ1) is 22.1. The zero-order chi connectivity index (χ0) is 22.7. The van der Waals surface area contributed by atoms with Gasteiger partial charge in [-0.2, -0.15) is 0 Å². The van der Waals surface area contributed by atoms with Gasteiger partial charge in [-0.15, -0.1) is 0 Å². The fourth-order valence-corrected chi connectivity index (χ4v) is 3.76. The van der Waals surface area contributed by atoms with Crippen LogP contribution in [0.25, 0.3) is 0 Å². The van der Waals surface area contributed by atoms with E-state index in [0.29, 0.717) is 54.8 Å². The van der Waals surface area contributed by atoms with Gasteiger partial charge in [0.2, 0.25) is 11.9 Å². The van der Waals surface area contributed by atoms with E-state index in [-0.39, 0.29) is 5.56 Å². The second-order valence-corrected chi connectivity index (χ2v) is 8.42. The third-order valence-electron chi connectivity index (χ3n) is 5.54. The highest BCUT2D eigenvalue weighted by atomic mass is 16.5. The monoisotopic (exact) mass is 441 g/mol. The number of fused-ring (bicyclic) bond motifs is 1. The highest BCUT2D eigenvalue weighted by molar-refractivity contribution is 5.93. The summed E-state index contributed by atoms with van der Waals surface area (Å²) in [6.45, 7) is 9.47. The van der Waals surface area contributed by atoms with E-state index >= 15 is 0 Å². The number of nitrogens with zero attached hydrogens (tertiary/aromatic N) is 4. The first-order valence-electron chi connectivity index (χ1n) is 11.0. The van der Waals surface area contributed by atoms with Gasteiger partial charge in [-0.1, -0.05) is 19.9 Å². The molecule has 9 heteroatoms. The number of nitrogens with one attached hydrogen (secondary N) is 1. The Morgan fingerprint density at radius 3 is 2.72 bits per heavy atom. The second kappa shape index (κ2) is 9.60. The van der Waals surface area contributed by atoms with E-state index in [9.17, 15) is 4.79 Å². The number of hydrogen-bond donors (Lipinski definition) is 1. The van der Waals surface area contributed by atoms with Crippen LogP contribution in [0.2, 0.25) is 0 Å². The van der Waals surface area contributed by atoms with Crippen LogP contribution < -0.4 is 20.3 Å². The molecule has 1 saturated heterocycles. The van der Waals surface area contributed by atoms with Crippen LogP contribution >= 0.6 is 0 Å². The minimum absolute atomic E-state index is 0.161. The molecule has 0 saturated carbocycles. The van der Waals surface area contributed by atoms with Gasteiger partial charge in [0.15, 0.2) is 17.7 Å². The van der Waals surface area contributed by atoms with Crippen molar-refractivity contribution >= 4 is 11.9 Å². The molecule has 2 aliphatic rings. The average molecular weight is 442 g/mol. The summed E-state index contributed by atoms with van der Waals surface area (Å²) < 4.78 is 18.6. The number of aryl methyl sites for hydroxylation is 1. The van der Waals surface area contributed by atoms with Crippen LogP contribution in [0.15, 0.2) is 34.1 Å². The van der Waals surface area contributed by atoms with Crippen LogP contribution in [-0.4, -0.2) is 60.4 Å². The Morgan fingerprint density at radius 1 is 1.22 bits per heavy atom. The number of anilines is 1. The van der Waals surface area contributed by atoms with E-state index in [1.165, 1.54) is 6.07 Å². The Hall–Kier alpha value is -3.07. The Balaban J connectivity index is 1.71. The lowest BCUT2D eigenvalue weighted by molar-refractivity contribution is 0.0675. The van der Waals surface area contributed by atoms with Gasteiger partial charge >= 0.3 is 0 Å². The van der Waals surface area contributed by atoms with E-state index in [0.717, 1.165) is 25.1 Å². The number of hydrogen-bond acceptors (Lipinski definition) is 8. The van der Waals surface area contributed by atoms with Gasteiger partial charge < -0.3 is 19.1 Å². The molecule has 0 bridgehead atoms. The van der Waals surface area contributed by atoms with Crippen molar-refractivity contribution in [2.75, 3.05) is 45.3 Å². The molecule has 0 spiro atoms. The fraction of sp³-hybridized carbons (Fsp3) is 0.522. The molecule has 2 aliphatic heterocycles. The third-order valence-corrected chi connectivity index (χ3v) is 5.54. The Kier molecular flexibility index (Phi) is 6.64. The Bertz CT molecular complexity index is 1040. The molecule has 0 amide bonds. The molecule has 3 heterocycles. The normalized spacial score (nSPS) is 18.1. The highest BCUT2D eigenvalue weighted by Gasteiger charge is 2.28. The van der Waals surface area contributed by atoms with E-state index in [1.807, 2.05) is 25.1 Å². The molecule has 0 unspecified atom stereocenters. The van der Waals surface area contributed by atoms with Crippen LogP contribution in [0, 0.1) is 12.8 Å². The molecule has 2 aromatic rings. The van der Waals surface area contributed by atoms with Gasteiger partial charge in [-0.3, -0.25) is 14.7 Å². The maximum atomic E-state index is 12.9. The van der Waals surface area contributed by atoms with E-state index < -0.39 is 6.17 Å². The summed E-state index contributed by atoms with van der Waals surface area (Å²) in [6, 6.07) is 7.22. The van der Waals surface area contributed by atoms with Crippen molar-refractivity contribution in [3.8, 4) is 11.5 Å². The smallest absolute Gasteiger partial charge is 0.257 e. The molecule has 1 fully saturated rings. The summed E-state index contributed by atoms with van der Waals surface area (Å²) in [5.74, 6) is 3.02. The van der Waals surface area contributed by atoms with E-state index in [4.69, 9.17) is 19.2 Å². The zero-order valence-corrected chi connectivity index (χ0v) is 19.1. The molecule has 1 aromatic carbocycles. The number of aromatic nitrogens is 2. The molecule has 0 aliphatic carbocycles. The van der Waals surface area contributed by atoms with Crippen molar-refractivity contribution in [2.45, 2.75) is 33.4 Å². The fourth-order valence-electron chi connectivity index (χ4n) is 3.76. The van der Waals surface area contributed by atoms with Crippen molar-refractivity contribution in [3.05, 3.63) is 45.9 Å². The first-order chi connectivity index (χ1) is 15.5. The molecule has 4 rings (SSSR count). The van der Waals surface area contributed by atoms with E-state index in [2.05, 4.69) is 29.0 Å². The zero-order valence-electron chi connectivity index (χ0n) is 19.1. The molecule has 9 nitrogen and oxygen atoms in total. The number of morpholine rings is 1. The number of methoxy groups -OCH3 is 1. The van der Waals surface area contributed by atoms with Gasteiger partial charge in [0, 0.05) is 30.4 Å². The minimum Gasteiger partial charge on any atom is -0.493 e. The number of guanidine groups is 1. The maximum absolute atomic E-state index is 12.9. The number of ether oxygens (including phenoxy) is 3. The summed E-state index contributed by atoms with van der Waals surface area (Å²) in [6.07, 6.45) is 0.392. The van der Waals surface area contributed by atoms with Gasteiger partial charge in [0.25, 0.3) is 5.56 Å². The summed E-state index contributed by atoms with van der Waals surface area (Å²) in [7, 11) is 1.62. The summed E-state index contributed by atoms with van der Waals surface area (Å²) in [5, 5.41) is 3.24. The summed E-state index contributed by atoms with van der Waals surface area (Å²) in [4.78, 5) is 24.5. The topological polar surface area (TPSA) is 90.2 Å². The van der Waals surface area contributed by atoms with Crippen molar-refractivity contribution in [1.82, 2.24) is 14.5 Å². The third kappa shape index (κ3) is 4.72. The summed E-state index contributed by atoms with van der Waals surface area (Å²) in [5.41, 5.74) is 1.31. The minimum atomic E-state index is -0.566. The largest absolute Gasteiger partial charge is 0.493 e. The molecule has 32 heavy (non-hydrogen) atoms. The van der Waals surface area contributed by atoms with Gasteiger partial charge in [0.1, 0.15) is 0 Å². The van der Waals surface area contributed by atoms with Gasteiger partial charge in [-0.25, -0.2) is 9.98 Å². The Labute approximate surface area is 188 Å². The molecule has 1 N–H and O–H groups in total. The molecule has 172 valence electrons. The van der Waals surface area contributed by atoms with Crippen LogP contribution in [-0.2, 0) is 4.74 Å². The number of benzene rings is 1. The molecule has 1 aromatic heterocycles. The van der Waals surface area contributed by atoms with Gasteiger partial charge in [0.05, 0.1) is 26.9 Å². The molecular weight excluding hydrogens is 410 g/mol. The van der Waals surface area contributed by atoms with Crippen molar-refractivity contribution in [3.63, 3.8) is 0 Å². The maximum Gasteiger partial charge on any atom is 0.257 e. The predicted molar refractivity (Wildman–Crippen MR) is 123 cm³/mol. The lowest BCUT2D eigenvalue weighted by atomic mass is 10.1. The lowest BCUT2D eigenvalue weighted by Gasteiger charge is -2.34. The van der Waals surface area contributed by atoms with Crippen molar-refractivity contribution in [2.24, 2.45) is 10.9 Å². The quantitative estimate of drug-likeness (QED) is 0.737. The van der Waals surface area contributed by atoms with Crippen LogP contribution in [0.4, 0.5) is 5.95 Å². The Morgan fingerprint density at radius 2 is 2.00 bits per heavy atom. The SMILES string of the molecule is COc1cc([C@@H]2N=C(N3CCOCC3)Nc3nc(C)cc(=O)n32)ccc1OCCC(C)C. The standard InChI is InChI=1S/C23H31N5O4/c1-15(2)7-10-32-18-6-5-17(14-19(18)30-4)21-25-22(27-8-11-31-12-9-27)26-23-24-16(3)13-20(29)28(21)23/h5-6,13-15,21H,7-12H2,1-4H3,(H,24,25,26)/t21-/m1/s1. The number of aliphatic imine (C=N–C) groups is 1. The molecular formula is C23H31N5O4. The summed E-state index contributed by atoms with van der Waals surface area (Å²) >= 11 is 0. The molecule has 1 atom stereocenters. The van der Waals surface area contributed by atoms with Crippen LogP contribution in [0.3, 0.4) is 0 Å². The number of rotatable bonds is 6. The van der Waals surface area contributed by atoms with Crippen LogP contribution in [0.1, 0.15) is 37.7 Å². The van der Waals surface area contributed by atoms with E-state index in [1.54, 1.807) is 11.7 Å². The van der Waals surface area contributed by atoms with Crippen molar-refractivity contribution in [1.29, 1.82) is 0 Å². The first-order valence-corrected chi connectivity index (χ1v) is 11.0. The highest BCUT2D eigenvalue weighted by Crippen LogP contribution is 2.34. The lowest BCUT2D eigenvalue weighted by Crippen LogP contribution is -2.47. The predicted octanol–water partition coefficient (Wildman–Crippen LogP) is 2.65. The molecule has 0 radical (unpaired) electrons. The average Bonchev–Trinajstić information content (AvgIpc) is 2.78. The van der Waals surface area contributed by atoms with Crippen LogP contribution in [0.5, 0.6) is 11.5 Å². The van der Waals surface area contributed by atoms with Crippen molar-refractivity contribution < 1.29 is 14.2 Å². The van der Waals surface area contributed by atoms with Gasteiger partial charge in [-0.05, 0) is 31.4 Å². The second-order valence-electron chi connectivity index (χ2n) is 8.42.